The van der Waals surface area contributed by atoms with E-state index >= 15 is 0 Å². The van der Waals surface area contributed by atoms with Crippen molar-refractivity contribution in [3.05, 3.63) is 0 Å². The lowest BCUT2D eigenvalue weighted by atomic mass is 10.1. The Balaban J connectivity index is 3.87. The van der Waals surface area contributed by atoms with E-state index in [0.29, 0.717) is 19.4 Å². The fourth-order valence-electron chi connectivity index (χ4n) is 1.43. The van der Waals surface area contributed by atoms with Crippen molar-refractivity contribution in [1.82, 2.24) is 5.32 Å². The highest BCUT2D eigenvalue weighted by Gasteiger charge is 2.18. The maximum absolute atomic E-state index is 11.6. The van der Waals surface area contributed by atoms with E-state index in [1.165, 1.54) is 0 Å². The van der Waals surface area contributed by atoms with Crippen LogP contribution in [0.25, 0.3) is 0 Å². The summed E-state index contributed by atoms with van der Waals surface area (Å²) in [7, 11) is 0. The molecule has 0 rings (SSSR count). The number of alkyl carbamates (subject to hydrolysis) is 1. The highest BCUT2D eigenvalue weighted by Crippen LogP contribution is 2.12. The number of carbonyl (C=O) groups is 2. The van der Waals surface area contributed by atoms with Crippen molar-refractivity contribution in [3.8, 4) is 0 Å². The minimum atomic E-state index is -0.496. The third kappa shape index (κ3) is 11.8. The molecule has 1 unspecified atom stereocenters. The quantitative estimate of drug-likeness (QED) is 0.788. The highest BCUT2D eigenvalue weighted by molar-refractivity contribution is 5.70. The highest BCUT2D eigenvalue weighted by atomic mass is 16.6. The molecule has 0 fully saturated rings. The molecule has 0 radical (unpaired) electrons. The Labute approximate surface area is 122 Å². The van der Waals surface area contributed by atoms with E-state index < -0.39 is 17.3 Å². The molecule has 0 saturated carbocycles. The summed E-state index contributed by atoms with van der Waals surface area (Å²) in [5.41, 5.74) is -0.946. The summed E-state index contributed by atoms with van der Waals surface area (Å²) in [6.07, 6.45) is 0.598. The summed E-state index contributed by atoms with van der Waals surface area (Å²) < 4.78 is 10.4. The van der Waals surface area contributed by atoms with Gasteiger partial charge < -0.3 is 14.8 Å². The first-order chi connectivity index (χ1) is 8.89. The Kier molecular flexibility index (Phi) is 7.03. The molecular formula is C15H29NO4. The van der Waals surface area contributed by atoms with Crippen molar-refractivity contribution >= 4 is 12.1 Å². The van der Waals surface area contributed by atoms with E-state index in [-0.39, 0.29) is 11.9 Å². The van der Waals surface area contributed by atoms with Crippen LogP contribution in [-0.4, -0.2) is 29.8 Å². The molecule has 0 spiro atoms. The molecule has 118 valence electrons. The summed E-state index contributed by atoms with van der Waals surface area (Å²) in [6.45, 7) is 13.4. The monoisotopic (exact) mass is 287 g/mol. The first kappa shape index (κ1) is 18.7. The Morgan fingerprint density at radius 2 is 1.50 bits per heavy atom. The molecule has 5 heteroatoms. The van der Waals surface area contributed by atoms with Crippen molar-refractivity contribution < 1.29 is 19.1 Å². The van der Waals surface area contributed by atoms with E-state index in [1.807, 2.05) is 48.5 Å². The van der Waals surface area contributed by atoms with Gasteiger partial charge in [-0.25, -0.2) is 4.79 Å². The molecule has 0 aliphatic rings. The van der Waals surface area contributed by atoms with Crippen LogP contribution < -0.4 is 5.32 Å². The lowest BCUT2D eigenvalue weighted by Gasteiger charge is -2.21. The predicted octanol–water partition coefficient (Wildman–Crippen LogP) is 3.27. The molecule has 1 amide bonds. The van der Waals surface area contributed by atoms with Crippen LogP contribution in [0.15, 0.2) is 0 Å². The van der Waals surface area contributed by atoms with Crippen LogP contribution in [0.4, 0.5) is 4.79 Å². The van der Waals surface area contributed by atoms with Gasteiger partial charge in [0.1, 0.15) is 11.2 Å². The molecule has 0 bridgehead atoms. The molecule has 0 aromatic heterocycles. The van der Waals surface area contributed by atoms with Crippen molar-refractivity contribution in [1.29, 1.82) is 0 Å². The number of nitrogens with one attached hydrogen (secondary N) is 1. The number of hydrogen-bond donors (Lipinski definition) is 1. The fourth-order valence-corrected chi connectivity index (χ4v) is 1.43. The standard InChI is InChI=1S/C15H29NO4/c1-11(8-9-12(17)19-14(2,3)4)10-16-13(18)20-15(5,6)7/h11H,8-10H2,1-7H3,(H,16,18). The van der Waals surface area contributed by atoms with Gasteiger partial charge in [0.15, 0.2) is 0 Å². The first-order valence-electron chi connectivity index (χ1n) is 7.08. The van der Waals surface area contributed by atoms with Crippen LogP contribution >= 0.6 is 0 Å². The normalized spacial score (nSPS) is 13.6. The topological polar surface area (TPSA) is 64.6 Å². The van der Waals surface area contributed by atoms with Crippen molar-refractivity contribution in [2.24, 2.45) is 5.92 Å². The molecule has 0 aliphatic heterocycles. The summed E-state index contributed by atoms with van der Waals surface area (Å²) >= 11 is 0. The fraction of sp³-hybridized carbons (Fsp3) is 0.867. The second-order valence-corrected chi connectivity index (χ2v) is 7.11. The maximum atomic E-state index is 11.6. The second-order valence-electron chi connectivity index (χ2n) is 7.11. The molecular weight excluding hydrogens is 258 g/mol. The molecule has 5 nitrogen and oxygen atoms in total. The molecule has 20 heavy (non-hydrogen) atoms. The van der Waals surface area contributed by atoms with Gasteiger partial charge in [0, 0.05) is 13.0 Å². The van der Waals surface area contributed by atoms with Crippen LogP contribution in [0.5, 0.6) is 0 Å². The summed E-state index contributed by atoms with van der Waals surface area (Å²) in [6, 6.07) is 0. The smallest absolute Gasteiger partial charge is 0.407 e. The zero-order valence-electron chi connectivity index (χ0n) is 13.8. The Hall–Kier alpha value is -1.26. The van der Waals surface area contributed by atoms with Crippen LogP contribution in [0.1, 0.15) is 61.3 Å². The third-order valence-electron chi connectivity index (χ3n) is 2.26. The number of ether oxygens (including phenoxy) is 2. The predicted molar refractivity (Wildman–Crippen MR) is 78.5 cm³/mol. The molecule has 0 aromatic carbocycles. The van der Waals surface area contributed by atoms with Gasteiger partial charge in [0.2, 0.25) is 0 Å². The lowest BCUT2D eigenvalue weighted by molar-refractivity contribution is -0.155. The Morgan fingerprint density at radius 1 is 1.00 bits per heavy atom. The minimum Gasteiger partial charge on any atom is -0.460 e. The molecule has 0 heterocycles. The largest absolute Gasteiger partial charge is 0.460 e. The van der Waals surface area contributed by atoms with Crippen molar-refractivity contribution in [3.63, 3.8) is 0 Å². The zero-order chi connectivity index (χ0) is 16.0. The second kappa shape index (κ2) is 7.50. The SMILES string of the molecule is CC(CCC(=O)OC(C)(C)C)CNC(=O)OC(C)(C)C. The average Bonchev–Trinajstić information content (AvgIpc) is 2.18. The molecule has 1 N–H and O–H groups in total. The molecule has 0 aromatic rings. The summed E-state index contributed by atoms with van der Waals surface area (Å²) in [5.74, 6) is -0.0170. The van der Waals surface area contributed by atoms with Gasteiger partial charge in [-0.2, -0.15) is 0 Å². The zero-order valence-corrected chi connectivity index (χ0v) is 13.8. The third-order valence-corrected chi connectivity index (χ3v) is 2.26. The van der Waals surface area contributed by atoms with Gasteiger partial charge in [0.05, 0.1) is 0 Å². The number of esters is 1. The van der Waals surface area contributed by atoms with E-state index in [4.69, 9.17) is 9.47 Å². The van der Waals surface area contributed by atoms with Crippen LogP contribution in [0.2, 0.25) is 0 Å². The summed E-state index contributed by atoms with van der Waals surface area (Å²) in [4.78, 5) is 23.0. The van der Waals surface area contributed by atoms with Crippen LogP contribution in [0.3, 0.4) is 0 Å². The summed E-state index contributed by atoms with van der Waals surface area (Å²) in [5, 5.41) is 2.70. The number of amides is 1. The maximum Gasteiger partial charge on any atom is 0.407 e. The van der Waals surface area contributed by atoms with Gasteiger partial charge in [-0.05, 0) is 53.9 Å². The van der Waals surface area contributed by atoms with E-state index in [2.05, 4.69) is 5.32 Å². The van der Waals surface area contributed by atoms with E-state index in [1.54, 1.807) is 0 Å². The van der Waals surface area contributed by atoms with E-state index in [0.717, 1.165) is 0 Å². The average molecular weight is 287 g/mol. The van der Waals surface area contributed by atoms with Gasteiger partial charge in [0.25, 0.3) is 0 Å². The van der Waals surface area contributed by atoms with Gasteiger partial charge in [-0.1, -0.05) is 6.92 Å². The lowest BCUT2D eigenvalue weighted by Crippen LogP contribution is -2.35. The first-order valence-corrected chi connectivity index (χ1v) is 7.08. The van der Waals surface area contributed by atoms with Crippen LogP contribution in [-0.2, 0) is 14.3 Å². The Morgan fingerprint density at radius 3 is 1.95 bits per heavy atom. The number of carbonyl (C=O) groups excluding carboxylic acids is 2. The molecule has 0 saturated heterocycles. The minimum absolute atomic E-state index is 0.190. The Bertz CT molecular complexity index is 294. The van der Waals surface area contributed by atoms with Crippen molar-refractivity contribution in [2.75, 3.05) is 6.54 Å². The van der Waals surface area contributed by atoms with Gasteiger partial charge >= 0.3 is 12.1 Å². The molecule has 0 aliphatic carbocycles. The van der Waals surface area contributed by atoms with Gasteiger partial charge in [-0.15, -0.1) is 0 Å². The van der Waals surface area contributed by atoms with Gasteiger partial charge in [-0.3, -0.25) is 4.79 Å². The van der Waals surface area contributed by atoms with Crippen molar-refractivity contribution in [2.45, 2.75) is 72.5 Å². The number of rotatable bonds is 5. The number of hydrogen-bond acceptors (Lipinski definition) is 4. The molecule has 1 atom stereocenters. The van der Waals surface area contributed by atoms with Crippen LogP contribution in [0, 0.1) is 5.92 Å². The van der Waals surface area contributed by atoms with E-state index in [9.17, 15) is 9.59 Å².